The Bertz CT molecular complexity index is 514. The van der Waals surface area contributed by atoms with Gasteiger partial charge in [-0.3, -0.25) is 0 Å². The highest BCUT2D eigenvalue weighted by molar-refractivity contribution is 9.11. The van der Waals surface area contributed by atoms with Crippen LogP contribution >= 0.6 is 27.3 Å². The normalized spacial score (nSPS) is 12.8. The van der Waals surface area contributed by atoms with Gasteiger partial charge in [-0.25, -0.2) is 8.78 Å². The molecule has 1 heterocycles. The molecule has 0 aliphatic carbocycles. The molecule has 90 valence electrons. The molecule has 5 heteroatoms. The molecule has 0 spiro atoms. The molecule has 1 N–H and O–H groups in total. The van der Waals surface area contributed by atoms with Gasteiger partial charge < -0.3 is 5.11 Å². The fourth-order valence-corrected chi connectivity index (χ4v) is 3.10. The second-order valence-electron chi connectivity index (χ2n) is 3.64. The van der Waals surface area contributed by atoms with Crippen LogP contribution in [0.15, 0.2) is 28.1 Å². The molecule has 0 saturated carbocycles. The summed E-state index contributed by atoms with van der Waals surface area (Å²) in [4.78, 5) is 0.512. The van der Waals surface area contributed by atoms with Crippen molar-refractivity contribution in [1.29, 1.82) is 0 Å². The van der Waals surface area contributed by atoms with Crippen LogP contribution < -0.4 is 0 Å². The van der Waals surface area contributed by atoms with Crippen molar-refractivity contribution in [2.45, 2.75) is 13.0 Å². The lowest BCUT2D eigenvalue weighted by atomic mass is 10.1. The summed E-state index contributed by atoms with van der Waals surface area (Å²) in [6.45, 7) is 1.86. The number of hydrogen-bond donors (Lipinski definition) is 1. The minimum Gasteiger partial charge on any atom is -0.383 e. The smallest absolute Gasteiger partial charge is 0.132 e. The Morgan fingerprint density at radius 1 is 1.29 bits per heavy atom. The molecule has 0 radical (unpaired) electrons. The highest BCUT2D eigenvalue weighted by Crippen LogP contribution is 2.35. The molecule has 1 aromatic heterocycles. The van der Waals surface area contributed by atoms with Crippen molar-refractivity contribution in [3.63, 3.8) is 0 Å². The zero-order valence-corrected chi connectivity index (χ0v) is 11.3. The predicted molar refractivity (Wildman–Crippen MR) is 67.2 cm³/mol. The maximum atomic E-state index is 13.5. The molecule has 0 aliphatic rings. The zero-order valence-electron chi connectivity index (χ0n) is 8.88. The van der Waals surface area contributed by atoms with E-state index in [4.69, 9.17) is 0 Å². The van der Waals surface area contributed by atoms with E-state index >= 15 is 0 Å². The number of aryl methyl sites for hydroxylation is 1. The summed E-state index contributed by atoms with van der Waals surface area (Å²) in [5.74, 6) is -1.47. The summed E-state index contributed by atoms with van der Waals surface area (Å²) in [5.41, 5.74) is 0.627. The van der Waals surface area contributed by atoms with Gasteiger partial charge in [0.05, 0.1) is 9.35 Å². The lowest BCUT2D eigenvalue weighted by molar-refractivity contribution is 0.212. The second kappa shape index (κ2) is 4.84. The first-order valence-corrected chi connectivity index (χ1v) is 6.49. The first-order valence-electron chi connectivity index (χ1n) is 4.88. The molecule has 1 aromatic carbocycles. The maximum absolute atomic E-state index is 13.5. The summed E-state index contributed by atoms with van der Waals surface area (Å²) < 4.78 is 27.8. The molecular weight excluding hydrogens is 310 g/mol. The molecule has 1 nitrogen and oxygen atoms in total. The van der Waals surface area contributed by atoms with Crippen molar-refractivity contribution in [2.75, 3.05) is 0 Å². The van der Waals surface area contributed by atoms with Gasteiger partial charge in [0, 0.05) is 4.88 Å². The lowest BCUT2D eigenvalue weighted by Crippen LogP contribution is -2.03. The molecule has 2 rings (SSSR count). The molecule has 0 fully saturated rings. The van der Waals surface area contributed by atoms with Gasteiger partial charge in [-0.1, -0.05) is 6.07 Å². The van der Waals surface area contributed by atoms with Crippen molar-refractivity contribution in [1.82, 2.24) is 0 Å². The van der Waals surface area contributed by atoms with Crippen molar-refractivity contribution >= 4 is 27.3 Å². The Labute approximate surface area is 110 Å². The largest absolute Gasteiger partial charge is 0.383 e. The summed E-state index contributed by atoms with van der Waals surface area (Å²) in [5, 5.41) is 10.0. The van der Waals surface area contributed by atoms with E-state index in [2.05, 4.69) is 15.9 Å². The van der Waals surface area contributed by atoms with Crippen LogP contribution in [0, 0.1) is 18.6 Å². The van der Waals surface area contributed by atoms with Gasteiger partial charge in [-0.2, -0.15) is 0 Å². The van der Waals surface area contributed by atoms with E-state index < -0.39 is 17.7 Å². The third kappa shape index (κ3) is 2.41. The van der Waals surface area contributed by atoms with E-state index in [0.29, 0.717) is 4.88 Å². The van der Waals surface area contributed by atoms with Crippen molar-refractivity contribution < 1.29 is 13.9 Å². The van der Waals surface area contributed by atoms with Crippen LogP contribution in [0.2, 0.25) is 0 Å². The fraction of sp³-hybridized carbons (Fsp3) is 0.167. The molecule has 1 unspecified atom stereocenters. The molecule has 0 aliphatic heterocycles. The number of halogens is 3. The predicted octanol–water partition coefficient (Wildman–Crippen LogP) is 4.18. The highest BCUT2D eigenvalue weighted by Gasteiger charge is 2.21. The molecule has 2 aromatic rings. The molecule has 17 heavy (non-hydrogen) atoms. The molecule has 0 amide bonds. The van der Waals surface area contributed by atoms with E-state index in [1.807, 2.05) is 6.92 Å². The highest BCUT2D eigenvalue weighted by atomic mass is 79.9. The Morgan fingerprint density at radius 2 is 1.88 bits per heavy atom. The zero-order chi connectivity index (χ0) is 12.6. The summed E-state index contributed by atoms with van der Waals surface area (Å²) in [7, 11) is 0. The van der Waals surface area contributed by atoms with Crippen LogP contribution in [0.4, 0.5) is 8.78 Å². The number of aliphatic hydroxyl groups is 1. The van der Waals surface area contributed by atoms with Gasteiger partial charge in [0.15, 0.2) is 0 Å². The second-order valence-corrected chi connectivity index (χ2v) is 6.05. The van der Waals surface area contributed by atoms with Crippen LogP contribution in [0.5, 0.6) is 0 Å². The quantitative estimate of drug-likeness (QED) is 0.880. The number of benzene rings is 1. The van der Waals surface area contributed by atoms with Crippen molar-refractivity contribution in [3.8, 4) is 0 Å². The van der Waals surface area contributed by atoms with Crippen LogP contribution in [0.1, 0.15) is 22.1 Å². The minimum atomic E-state index is -1.27. The van der Waals surface area contributed by atoms with Crippen molar-refractivity contribution in [2.24, 2.45) is 0 Å². The number of aliphatic hydroxyl groups excluding tert-OH is 1. The first kappa shape index (κ1) is 12.7. The Kier molecular flexibility index (Phi) is 3.61. The van der Waals surface area contributed by atoms with Crippen molar-refractivity contribution in [3.05, 3.63) is 55.7 Å². The van der Waals surface area contributed by atoms with Crippen LogP contribution in [-0.2, 0) is 0 Å². The Hall–Kier alpha value is -0.780. The summed E-state index contributed by atoms with van der Waals surface area (Å²) in [6, 6.07) is 5.26. The number of hydrogen-bond acceptors (Lipinski definition) is 2. The lowest BCUT2D eigenvalue weighted by Gasteiger charge is -2.10. The Morgan fingerprint density at radius 3 is 2.35 bits per heavy atom. The van der Waals surface area contributed by atoms with E-state index in [1.165, 1.54) is 17.4 Å². The summed E-state index contributed by atoms with van der Waals surface area (Å²) in [6.07, 6.45) is -1.27. The van der Waals surface area contributed by atoms with Gasteiger partial charge in [0.25, 0.3) is 0 Å². The van der Waals surface area contributed by atoms with E-state index in [-0.39, 0.29) is 5.56 Å². The van der Waals surface area contributed by atoms with E-state index in [1.54, 1.807) is 6.07 Å². The molecular formula is C12H9BrF2OS. The first-order chi connectivity index (χ1) is 8.00. The molecule has 0 saturated heterocycles. The standard InChI is InChI=1S/C12H9BrF2OS/c1-6-5-9(17-12(6)13)11(16)10-7(14)3-2-4-8(10)15/h2-5,11,16H,1H3. The average Bonchev–Trinajstić information content (AvgIpc) is 2.59. The maximum Gasteiger partial charge on any atom is 0.132 e. The van der Waals surface area contributed by atoms with Gasteiger partial charge >= 0.3 is 0 Å². The van der Waals surface area contributed by atoms with E-state index in [9.17, 15) is 13.9 Å². The van der Waals surface area contributed by atoms with Crippen LogP contribution in [-0.4, -0.2) is 5.11 Å². The Balaban J connectivity index is 2.47. The average molecular weight is 319 g/mol. The van der Waals surface area contributed by atoms with E-state index in [0.717, 1.165) is 21.5 Å². The monoisotopic (exact) mass is 318 g/mol. The minimum absolute atomic E-state index is 0.304. The van der Waals surface area contributed by atoms with Crippen LogP contribution in [0.25, 0.3) is 0 Å². The van der Waals surface area contributed by atoms with Gasteiger partial charge in [0.2, 0.25) is 0 Å². The number of rotatable bonds is 2. The van der Waals surface area contributed by atoms with Gasteiger partial charge in [-0.15, -0.1) is 11.3 Å². The van der Waals surface area contributed by atoms with Gasteiger partial charge in [-0.05, 0) is 46.6 Å². The third-order valence-corrected chi connectivity index (χ3v) is 4.61. The van der Waals surface area contributed by atoms with Crippen LogP contribution in [0.3, 0.4) is 0 Å². The summed E-state index contributed by atoms with van der Waals surface area (Å²) >= 11 is 4.58. The third-order valence-electron chi connectivity index (χ3n) is 2.42. The molecule has 0 bridgehead atoms. The topological polar surface area (TPSA) is 20.2 Å². The fourth-order valence-electron chi connectivity index (χ4n) is 1.53. The van der Waals surface area contributed by atoms with Gasteiger partial charge in [0.1, 0.15) is 17.7 Å². The molecule has 1 atom stereocenters. The number of thiophene rings is 1. The SMILES string of the molecule is Cc1cc(C(O)c2c(F)cccc2F)sc1Br.